The van der Waals surface area contributed by atoms with Crippen LogP contribution in [0, 0.1) is 12.7 Å². The zero-order chi connectivity index (χ0) is 12.8. The normalized spacial score (nSPS) is 10.0. The van der Waals surface area contributed by atoms with Crippen molar-refractivity contribution in [1.82, 2.24) is 0 Å². The number of anilines is 1. The largest absolute Gasteiger partial charge is 0.481 e. The molecule has 0 atom stereocenters. The van der Waals surface area contributed by atoms with Gasteiger partial charge in [-0.15, -0.1) is 11.8 Å². The van der Waals surface area contributed by atoms with Gasteiger partial charge < -0.3 is 10.4 Å². The summed E-state index contributed by atoms with van der Waals surface area (Å²) in [4.78, 5) is 21.6. The summed E-state index contributed by atoms with van der Waals surface area (Å²) < 4.78 is 13.0. The van der Waals surface area contributed by atoms with Crippen LogP contribution in [-0.2, 0) is 9.59 Å². The van der Waals surface area contributed by atoms with E-state index in [1.807, 2.05) is 0 Å². The minimum absolute atomic E-state index is 0.0296. The molecule has 0 bridgehead atoms. The Morgan fingerprint density at radius 1 is 1.35 bits per heavy atom. The Balaban J connectivity index is 2.47. The van der Waals surface area contributed by atoms with Crippen LogP contribution in [0.15, 0.2) is 18.2 Å². The van der Waals surface area contributed by atoms with Crippen LogP contribution < -0.4 is 5.32 Å². The zero-order valence-corrected chi connectivity index (χ0v) is 10.0. The van der Waals surface area contributed by atoms with Crippen molar-refractivity contribution in [3.63, 3.8) is 0 Å². The Hall–Kier alpha value is -1.56. The van der Waals surface area contributed by atoms with Crippen molar-refractivity contribution in [3.8, 4) is 0 Å². The quantitative estimate of drug-likeness (QED) is 0.845. The minimum atomic E-state index is -0.968. The summed E-state index contributed by atoms with van der Waals surface area (Å²) in [7, 11) is 0. The molecule has 1 rings (SSSR count). The van der Waals surface area contributed by atoms with Crippen molar-refractivity contribution in [2.75, 3.05) is 16.8 Å². The molecule has 0 saturated carbocycles. The van der Waals surface area contributed by atoms with Crippen LogP contribution in [0.4, 0.5) is 10.1 Å². The Morgan fingerprint density at radius 3 is 2.65 bits per heavy atom. The molecule has 0 aliphatic heterocycles. The van der Waals surface area contributed by atoms with Gasteiger partial charge in [0.25, 0.3) is 0 Å². The lowest BCUT2D eigenvalue weighted by atomic mass is 10.2. The average molecular weight is 257 g/mol. The van der Waals surface area contributed by atoms with Crippen LogP contribution in [0.2, 0.25) is 0 Å². The number of thioether (sulfide) groups is 1. The Morgan fingerprint density at radius 2 is 2.06 bits per heavy atom. The summed E-state index contributed by atoms with van der Waals surface area (Å²) in [5, 5.41) is 10.9. The molecule has 0 aromatic heterocycles. The standard InChI is InChI=1S/C11H12FNO3S/c1-7-2-8(12)4-9(3-7)13-10(14)5-17-6-11(15)16/h2-4H,5-6H2,1H3,(H,13,14)(H,15,16). The van der Waals surface area contributed by atoms with Crippen LogP contribution in [0.25, 0.3) is 0 Å². The Bertz CT molecular complexity index is 416. The minimum Gasteiger partial charge on any atom is -0.481 e. The summed E-state index contributed by atoms with van der Waals surface area (Å²) in [6.45, 7) is 1.72. The molecule has 0 spiro atoms. The number of hydrogen-bond donors (Lipinski definition) is 2. The van der Waals surface area contributed by atoms with Crippen molar-refractivity contribution >= 4 is 29.3 Å². The van der Waals surface area contributed by atoms with Gasteiger partial charge in [0, 0.05) is 5.69 Å². The molecule has 1 aromatic rings. The first-order valence-corrected chi connectivity index (χ1v) is 5.99. The number of carboxylic acid groups (broad SMARTS) is 1. The highest BCUT2D eigenvalue weighted by molar-refractivity contribution is 8.00. The SMILES string of the molecule is Cc1cc(F)cc(NC(=O)CSCC(=O)O)c1. The number of aliphatic carboxylic acids is 1. The number of nitrogens with one attached hydrogen (secondary N) is 1. The number of carbonyl (C=O) groups excluding carboxylic acids is 1. The lowest BCUT2D eigenvalue weighted by Crippen LogP contribution is -2.15. The number of hydrogen-bond acceptors (Lipinski definition) is 3. The Labute approximate surface area is 102 Å². The van der Waals surface area contributed by atoms with E-state index in [9.17, 15) is 14.0 Å². The maximum atomic E-state index is 13.0. The molecule has 1 amide bonds. The summed E-state index contributed by atoms with van der Waals surface area (Å²) in [5.74, 6) is -1.83. The highest BCUT2D eigenvalue weighted by Gasteiger charge is 2.06. The fourth-order valence-electron chi connectivity index (χ4n) is 1.24. The van der Waals surface area contributed by atoms with Crippen LogP contribution in [0.1, 0.15) is 5.56 Å². The Kier molecular flexibility index (Phi) is 4.96. The van der Waals surface area contributed by atoms with E-state index in [2.05, 4.69) is 5.32 Å². The van der Waals surface area contributed by atoms with Crippen molar-refractivity contribution in [3.05, 3.63) is 29.6 Å². The number of aryl methyl sites for hydroxylation is 1. The van der Waals surface area contributed by atoms with E-state index >= 15 is 0 Å². The number of carboxylic acids is 1. The van der Waals surface area contributed by atoms with E-state index in [1.54, 1.807) is 13.0 Å². The molecule has 0 fully saturated rings. The summed E-state index contributed by atoms with van der Waals surface area (Å²) in [6.07, 6.45) is 0. The lowest BCUT2D eigenvalue weighted by Gasteiger charge is -2.05. The third kappa shape index (κ3) is 5.35. The van der Waals surface area contributed by atoms with Gasteiger partial charge in [-0.1, -0.05) is 0 Å². The fraction of sp³-hybridized carbons (Fsp3) is 0.273. The first-order chi connectivity index (χ1) is 7.97. The second-order valence-electron chi connectivity index (χ2n) is 3.45. The summed E-state index contributed by atoms with van der Waals surface area (Å²) in [5.41, 5.74) is 1.09. The molecular weight excluding hydrogens is 245 g/mol. The van der Waals surface area contributed by atoms with Gasteiger partial charge >= 0.3 is 5.97 Å². The second kappa shape index (κ2) is 6.24. The van der Waals surface area contributed by atoms with Crippen LogP contribution >= 0.6 is 11.8 Å². The van der Waals surface area contributed by atoms with E-state index in [-0.39, 0.29) is 17.4 Å². The van der Waals surface area contributed by atoms with Crippen molar-refractivity contribution < 1.29 is 19.1 Å². The van der Waals surface area contributed by atoms with Gasteiger partial charge in [-0.2, -0.15) is 0 Å². The molecule has 0 unspecified atom stereocenters. The maximum absolute atomic E-state index is 13.0. The van der Waals surface area contributed by atoms with Gasteiger partial charge in [0.15, 0.2) is 0 Å². The predicted molar refractivity (Wildman–Crippen MR) is 64.7 cm³/mol. The lowest BCUT2D eigenvalue weighted by molar-refractivity contribution is -0.133. The molecule has 92 valence electrons. The van der Waals surface area contributed by atoms with Gasteiger partial charge in [-0.05, 0) is 30.7 Å². The molecule has 2 N–H and O–H groups in total. The van der Waals surface area contributed by atoms with Crippen LogP contribution in [0.5, 0.6) is 0 Å². The molecular formula is C11H12FNO3S. The number of amides is 1. The number of carbonyl (C=O) groups is 2. The smallest absolute Gasteiger partial charge is 0.313 e. The van der Waals surface area contributed by atoms with Gasteiger partial charge in [0.05, 0.1) is 11.5 Å². The van der Waals surface area contributed by atoms with E-state index in [1.165, 1.54) is 12.1 Å². The van der Waals surface area contributed by atoms with E-state index in [0.717, 1.165) is 11.8 Å². The first-order valence-electron chi connectivity index (χ1n) is 4.84. The molecule has 4 nitrogen and oxygen atoms in total. The molecule has 6 heteroatoms. The maximum Gasteiger partial charge on any atom is 0.313 e. The summed E-state index contributed by atoms with van der Waals surface area (Å²) in [6, 6.07) is 4.21. The van der Waals surface area contributed by atoms with Crippen molar-refractivity contribution in [2.24, 2.45) is 0 Å². The zero-order valence-electron chi connectivity index (χ0n) is 9.20. The van der Waals surface area contributed by atoms with Gasteiger partial charge in [-0.25, -0.2) is 4.39 Å². The van der Waals surface area contributed by atoms with Gasteiger partial charge in [-0.3, -0.25) is 9.59 Å². The van der Waals surface area contributed by atoms with Crippen LogP contribution in [0.3, 0.4) is 0 Å². The molecule has 1 aromatic carbocycles. The average Bonchev–Trinajstić information content (AvgIpc) is 2.14. The molecule has 17 heavy (non-hydrogen) atoms. The van der Waals surface area contributed by atoms with Gasteiger partial charge in [0.1, 0.15) is 5.82 Å². The molecule has 0 saturated heterocycles. The highest BCUT2D eigenvalue weighted by Crippen LogP contribution is 2.13. The third-order valence-electron chi connectivity index (χ3n) is 1.78. The number of halogens is 1. The molecule has 0 radical (unpaired) electrons. The van der Waals surface area contributed by atoms with Crippen molar-refractivity contribution in [1.29, 1.82) is 0 Å². The highest BCUT2D eigenvalue weighted by atomic mass is 32.2. The molecule has 0 aliphatic rings. The fourth-order valence-corrected chi connectivity index (χ4v) is 1.77. The first kappa shape index (κ1) is 13.5. The number of rotatable bonds is 5. The second-order valence-corrected chi connectivity index (χ2v) is 4.44. The summed E-state index contributed by atoms with van der Waals surface area (Å²) >= 11 is 0.992. The molecule has 0 heterocycles. The van der Waals surface area contributed by atoms with E-state index in [0.29, 0.717) is 11.3 Å². The van der Waals surface area contributed by atoms with Crippen LogP contribution in [-0.4, -0.2) is 28.5 Å². The van der Waals surface area contributed by atoms with E-state index in [4.69, 9.17) is 5.11 Å². The van der Waals surface area contributed by atoms with Crippen molar-refractivity contribution in [2.45, 2.75) is 6.92 Å². The topological polar surface area (TPSA) is 66.4 Å². The monoisotopic (exact) mass is 257 g/mol. The predicted octanol–water partition coefficient (Wildman–Crippen LogP) is 1.89. The van der Waals surface area contributed by atoms with Gasteiger partial charge in [0.2, 0.25) is 5.91 Å². The molecule has 0 aliphatic carbocycles. The van der Waals surface area contributed by atoms with E-state index < -0.39 is 11.8 Å². The number of benzene rings is 1. The third-order valence-corrected chi connectivity index (χ3v) is 2.70.